The Morgan fingerprint density at radius 2 is 1.86 bits per heavy atom. The maximum Gasteiger partial charge on any atom is 0.329 e. The van der Waals surface area contributed by atoms with E-state index in [9.17, 15) is 14.4 Å². The summed E-state index contributed by atoms with van der Waals surface area (Å²) in [4.78, 5) is 38.3. The lowest BCUT2D eigenvalue weighted by molar-refractivity contribution is 0.790. The molecule has 0 saturated heterocycles. The van der Waals surface area contributed by atoms with Crippen LogP contribution in [0.2, 0.25) is 0 Å². The van der Waals surface area contributed by atoms with Crippen molar-refractivity contribution in [2.24, 2.45) is 7.05 Å². The Morgan fingerprint density at radius 1 is 1.14 bits per heavy atom. The molecular weight excluding hydrogens is 186 g/mol. The average molecular weight is 193 g/mol. The molecule has 0 radical (unpaired) electrons. The normalized spacial score (nSPS) is 10.6. The minimum absolute atomic E-state index is 0.158. The summed E-state index contributed by atoms with van der Waals surface area (Å²) in [6, 6.07) is 2.62. The van der Waals surface area contributed by atoms with E-state index in [1.165, 1.54) is 19.2 Å². The molecule has 0 aliphatic rings. The molecule has 0 atom stereocenters. The van der Waals surface area contributed by atoms with Crippen LogP contribution in [0.3, 0.4) is 0 Å². The minimum atomic E-state index is -0.552. The maximum atomic E-state index is 11.5. The van der Waals surface area contributed by atoms with Gasteiger partial charge >= 0.3 is 5.69 Å². The van der Waals surface area contributed by atoms with Gasteiger partial charge in [-0.1, -0.05) is 0 Å². The third kappa shape index (κ3) is 1.08. The summed E-state index contributed by atoms with van der Waals surface area (Å²) in [7, 11) is 1.37. The van der Waals surface area contributed by atoms with Crippen LogP contribution in [0.25, 0.3) is 11.0 Å². The fraction of sp³-hybridized carbons (Fsp3) is 0.125. The number of rotatable bonds is 0. The van der Waals surface area contributed by atoms with Gasteiger partial charge in [0.05, 0.1) is 5.39 Å². The van der Waals surface area contributed by atoms with Crippen LogP contribution in [0.5, 0.6) is 0 Å². The number of hydrogen-bond donors (Lipinski definition) is 2. The van der Waals surface area contributed by atoms with Crippen molar-refractivity contribution >= 4 is 11.0 Å². The molecule has 2 N–H and O–H groups in total. The molecular formula is C8H7N3O3. The summed E-state index contributed by atoms with van der Waals surface area (Å²) in [5.74, 6) is 0. The van der Waals surface area contributed by atoms with E-state index in [-0.39, 0.29) is 16.6 Å². The predicted molar refractivity (Wildman–Crippen MR) is 50.4 cm³/mol. The van der Waals surface area contributed by atoms with E-state index in [0.717, 1.165) is 4.57 Å². The van der Waals surface area contributed by atoms with Crippen LogP contribution < -0.4 is 16.8 Å². The molecule has 6 heteroatoms. The highest BCUT2D eigenvalue weighted by molar-refractivity contribution is 5.72. The van der Waals surface area contributed by atoms with Gasteiger partial charge in [-0.25, -0.2) is 4.79 Å². The molecule has 0 amide bonds. The third-order valence-electron chi connectivity index (χ3n) is 1.99. The van der Waals surface area contributed by atoms with Crippen molar-refractivity contribution in [2.45, 2.75) is 0 Å². The molecule has 0 unspecified atom stereocenters. The first-order valence-corrected chi connectivity index (χ1v) is 3.92. The summed E-state index contributed by atoms with van der Waals surface area (Å²) >= 11 is 0. The van der Waals surface area contributed by atoms with E-state index in [1.54, 1.807) is 0 Å². The van der Waals surface area contributed by atoms with Crippen LogP contribution in [0.1, 0.15) is 0 Å². The fourth-order valence-electron chi connectivity index (χ4n) is 1.22. The number of fused-ring (bicyclic) bond motifs is 1. The summed E-state index contributed by atoms with van der Waals surface area (Å²) in [6.45, 7) is 0. The Kier molecular flexibility index (Phi) is 1.63. The summed E-state index contributed by atoms with van der Waals surface area (Å²) in [6.07, 6.45) is 0. The Morgan fingerprint density at radius 3 is 2.57 bits per heavy atom. The van der Waals surface area contributed by atoms with E-state index >= 15 is 0 Å². The lowest BCUT2D eigenvalue weighted by Gasteiger charge is -1.98. The highest BCUT2D eigenvalue weighted by Crippen LogP contribution is 1.94. The fourth-order valence-corrected chi connectivity index (χ4v) is 1.22. The molecule has 72 valence electrons. The second-order valence-corrected chi connectivity index (χ2v) is 2.91. The predicted octanol–water partition coefficient (Wildman–Crippen LogP) is -1.08. The van der Waals surface area contributed by atoms with E-state index in [0.29, 0.717) is 0 Å². The van der Waals surface area contributed by atoms with Crippen molar-refractivity contribution in [3.63, 3.8) is 0 Å². The number of hydrogen-bond acceptors (Lipinski definition) is 3. The number of nitrogens with one attached hydrogen (secondary N) is 2. The highest BCUT2D eigenvalue weighted by atomic mass is 16.2. The number of pyridine rings is 1. The van der Waals surface area contributed by atoms with Crippen molar-refractivity contribution in [3.8, 4) is 0 Å². The van der Waals surface area contributed by atoms with Crippen LogP contribution in [0.15, 0.2) is 26.5 Å². The van der Waals surface area contributed by atoms with Crippen LogP contribution in [0.4, 0.5) is 0 Å². The number of aromatic nitrogens is 3. The van der Waals surface area contributed by atoms with Gasteiger partial charge in [-0.05, 0) is 6.07 Å². The smallest absolute Gasteiger partial charge is 0.308 e. The Hall–Kier alpha value is -2.11. The SMILES string of the molecule is Cn1c(=O)[nH]c2[nH]c(=O)ccc2c1=O. The van der Waals surface area contributed by atoms with E-state index < -0.39 is 11.2 Å². The van der Waals surface area contributed by atoms with E-state index in [4.69, 9.17) is 0 Å². The molecule has 14 heavy (non-hydrogen) atoms. The first-order chi connectivity index (χ1) is 6.59. The lowest BCUT2D eigenvalue weighted by Crippen LogP contribution is -2.33. The lowest BCUT2D eigenvalue weighted by atomic mass is 10.3. The van der Waals surface area contributed by atoms with Gasteiger partial charge in [0, 0.05) is 13.1 Å². The molecule has 2 heterocycles. The van der Waals surface area contributed by atoms with Gasteiger partial charge in [-0.2, -0.15) is 0 Å². The van der Waals surface area contributed by atoms with E-state index in [2.05, 4.69) is 9.97 Å². The topological polar surface area (TPSA) is 87.7 Å². The molecule has 2 aromatic rings. The minimum Gasteiger partial charge on any atom is -0.308 e. The Balaban J connectivity index is 3.14. The van der Waals surface area contributed by atoms with Crippen molar-refractivity contribution in [3.05, 3.63) is 43.3 Å². The van der Waals surface area contributed by atoms with Gasteiger partial charge in [0.1, 0.15) is 5.65 Å². The monoisotopic (exact) mass is 193 g/mol. The highest BCUT2D eigenvalue weighted by Gasteiger charge is 2.03. The quantitative estimate of drug-likeness (QED) is 0.557. The van der Waals surface area contributed by atoms with Gasteiger partial charge in [-0.3, -0.25) is 19.1 Å². The van der Waals surface area contributed by atoms with Crippen LogP contribution in [0, 0.1) is 0 Å². The molecule has 0 aliphatic carbocycles. The molecule has 0 bridgehead atoms. The van der Waals surface area contributed by atoms with Crippen molar-refractivity contribution in [1.29, 1.82) is 0 Å². The first kappa shape index (κ1) is 8.49. The zero-order valence-corrected chi connectivity index (χ0v) is 7.33. The van der Waals surface area contributed by atoms with Gasteiger partial charge < -0.3 is 4.98 Å². The number of aromatic amines is 2. The standard InChI is InChI=1S/C8H7N3O3/c1-11-7(13)4-2-3-5(12)9-6(4)10-8(11)14/h2-3H,1H3,(H2,9,10,12,14). The van der Waals surface area contributed by atoms with Crippen LogP contribution in [-0.4, -0.2) is 14.5 Å². The van der Waals surface area contributed by atoms with E-state index in [1.807, 2.05) is 0 Å². The van der Waals surface area contributed by atoms with Crippen LogP contribution >= 0.6 is 0 Å². The molecule has 0 saturated carbocycles. The molecule has 0 spiro atoms. The van der Waals surface area contributed by atoms with Gasteiger partial charge in [0.25, 0.3) is 5.56 Å². The zero-order valence-electron chi connectivity index (χ0n) is 7.33. The second kappa shape index (κ2) is 2.69. The molecule has 6 nitrogen and oxygen atoms in total. The summed E-state index contributed by atoms with van der Waals surface area (Å²) in [5, 5.41) is 0.284. The van der Waals surface area contributed by atoms with Gasteiger partial charge in [0.2, 0.25) is 5.56 Å². The largest absolute Gasteiger partial charge is 0.329 e. The number of H-pyrrole nitrogens is 2. The first-order valence-electron chi connectivity index (χ1n) is 3.92. The molecule has 2 rings (SSSR count). The average Bonchev–Trinajstić information content (AvgIpc) is 2.14. The van der Waals surface area contributed by atoms with Crippen molar-refractivity contribution < 1.29 is 0 Å². The molecule has 2 aromatic heterocycles. The third-order valence-corrected chi connectivity index (χ3v) is 1.99. The van der Waals surface area contributed by atoms with Crippen LogP contribution in [-0.2, 0) is 7.05 Å². The Labute approximate surface area is 76.8 Å². The summed E-state index contributed by atoms with van der Waals surface area (Å²) in [5.41, 5.74) is -1.18. The second-order valence-electron chi connectivity index (χ2n) is 2.91. The molecule has 0 aliphatic heterocycles. The zero-order chi connectivity index (χ0) is 10.3. The Bertz CT molecular complexity index is 662. The van der Waals surface area contributed by atoms with Gasteiger partial charge in [-0.15, -0.1) is 0 Å². The number of nitrogens with zero attached hydrogens (tertiary/aromatic N) is 1. The van der Waals surface area contributed by atoms with Gasteiger partial charge in [0.15, 0.2) is 0 Å². The summed E-state index contributed by atoms with van der Waals surface area (Å²) < 4.78 is 0.945. The molecule has 0 aromatic carbocycles. The van der Waals surface area contributed by atoms with Crippen molar-refractivity contribution in [1.82, 2.24) is 14.5 Å². The maximum absolute atomic E-state index is 11.5. The molecule has 0 fully saturated rings. The van der Waals surface area contributed by atoms with Crippen molar-refractivity contribution in [2.75, 3.05) is 0 Å².